The van der Waals surface area contributed by atoms with Crippen LogP contribution in [0.25, 0.3) is 6.08 Å². The van der Waals surface area contributed by atoms with Crippen molar-refractivity contribution in [2.45, 2.75) is 32.3 Å². The zero-order chi connectivity index (χ0) is 13.0. The van der Waals surface area contributed by atoms with E-state index in [4.69, 9.17) is 11.6 Å². The van der Waals surface area contributed by atoms with E-state index in [1.165, 1.54) is 5.57 Å². The molecule has 1 nitrogen and oxygen atoms in total. The molecule has 0 radical (unpaired) electrons. The lowest BCUT2D eigenvalue weighted by Gasteiger charge is -2.23. The molecule has 0 bridgehead atoms. The fourth-order valence-corrected chi connectivity index (χ4v) is 2.36. The second-order valence-corrected chi connectivity index (χ2v) is 5.42. The third kappa shape index (κ3) is 3.72. The Kier molecular flexibility index (Phi) is 4.62. The first-order valence-electron chi connectivity index (χ1n) is 6.42. The molecule has 1 aromatic carbocycles. The molecule has 96 valence electrons. The Morgan fingerprint density at radius 3 is 2.67 bits per heavy atom. The van der Waals surface area contributed by atoms with E-state index in [2.05, 4.69) is 13.0 Å². The van der Waals surface area contributed by atoms with Crippen molar-refractivity contribution in [3.05, 3.63) is 52.6 Å². The molecule has 0 amide bonds. The summed E-state index contributed by atoms with van der Waals surface area (Å²) in [5.41, 5.74) is 2.51. The van der Waals surface area contributed by atoms with E-state index < -0.39 is 0 Å². The highest BCUT2D eigenvalue weighted by Gasteiger charge is 2.18. The lowest BCUT2D eigenvalue weighted by atomic mass is 9.86. The minimum absolute atomic E-state index is 0.356. The number of aliphatic hydroxyl groups excluding tert-OH is 1. The van der Waals surface area contributed by atoms with E-state index in [1.807, 2.05) is 36.4 Å². The molecular formula is C16H19ClO. The van der Waals surface area contributed by atoms with Crippen molar-refractivity contribution >= 4 is 17.7 Å². The number of benzene rings is 1. The Morgan fingerprint density at radius 1 is 1.33 bits per heavy atom. The van der Waals surface area contributed by atoms with Crippen LogP contribution in [0.15, 0.2) is 42.0 Å². The van der Waals surface area contributed by atoms with Crippen LogP contribution < -0.4 is 0 Å². The van der Waals surface area contributed by atoms with E-state index in [0.29, 0.717) is 5.92 Å². The Balaban J connectivity index is 1.94. The van der Waals surface area contributed by atoms with Crippen molar-refractivity contribution in [3.63, 3.8) is 0 Å². The van der Waals surface area contributed by atoms with Crippen molar-refractivity contribution < 1.29 is 5.11 Å². The van der Waals surface area contributed by atoms with Gasteiger partial charge in [0.05, 0.1) is 6.10 Å². The molecule has 2 atom stereocenters. The summed E-state index contributed by atoms with van der Waals surface area (Å²) >= 11 is 5.83. The standard InChI is InChI=1S/C16H19ClO/c1-12-2-7-14(8-3-12)16(18)11-6-13-4-9-15(17)10-5-13/h2,4-6,9-11,14,16,18H,3,7-8H2,1H3/b11-6+. The van der Waals surface area contributed by atoms with E-state index in [1.54, 1.807) is 0 Å². The number of hydrogen-bond acceptors (Lipinski definition) is 1. The van der Waals surface area contributed by atoms with Crippen LogP contribution in [0, 0.1) is 5.92 Å². The average Bonchev–Trinajstić information content (AvgIpc) is 2.38. The Labute approximate surface area is 114 Å². The van der Waals surface area contributed by atoms with Crippen LogP contribution in [-0.2, 0) is 0 Å². The zero-order valence-corrected chi connectivity index (χ0v) is 11.4. The number of halogens is 1. The van der Waals surface area contributed by atoms with Gasteiger partial charge in [0.2, 0.25) is 0 Å². The van der Waals surface area contributed by atoms with Crippen LogP contribution in [0.1, 0.15) is 31.7 Å². The van der Waals surface area contributed by atoms with Crippen LogP contribution in [-0.4, -0.2) is 11.2 Å². The van der Waals surface area contributed by atoms with Crippen molar-refractivity contribution in [1.29, 1.82) is 0 Å². The predicted octanol–water partition coefficient (Wildman–Crippen LogP) is 4.46. The van der Waals surface area contributed by atoms with Gasteiger partial charge >= 0.3 is 0 Å². The highest BCUT2D eigenvalue weighted by atomic mass is 35.5. The maximum atomic E-state index is 10.1. The van der Waals surface area contributed by atoms with Gasteiger partial charge in [-0.25, -0.2) is 0 Å². The first kappa shape index (κ1) is 13.4. The third-order valence-electron chi connectivity index (χ3n) is 3.52. The van der Waals surface area contributed by atoms with Crippen LogP contribution in [0.2, 0.25) is 5.02 Å². The smallest absolute Gasteiger partial charge is 0.0755 e. The summed E-state index contributed by atoms with van der Waals surface area (Å²) in [6, 6.07) is 7.63. The summed E-state index contributed by atoms with van der Waals surface area (Å²) in [6.07, 6.45) is 8.91. The normalized spacial score (nSPS) is 21.9. The van der Waals surface area contributed by atoms with E-state index >= 15 is 0 Å². The van der Waals surface area contributed by atoms with Crippen LogP contribution in [0.3, 0.4) is 0 Å². The molecule has 1 aliphatic carbocycles. The van der Waals surface area contributed by atoms with Crippen LogP contribution in [0.5, 0.6) is 0 Å². The van der Waals surface area contributed by atoms with Gasteiger partial charge in [0.15, 0.2) is 0 Å². The molecule has 18 heavy (non-hydrogen) atoms. The molecule has 1 N–H and O–H groups in total. The monoisotopic (exact) mass is 262 g/mol. The molecule has 2 rings (SSSR count). The fourth-order valence-electron chi connectivity index (χ4n) is 2.24. The molecule has 1 aromatic rings. The number of allylic oxidation sites excluding steroid dienone is 2. The second-order valence-electron chi connectivity index (χ2n) is 4.99. The number of hydrogen-bond donors (Lipinski definition) is 1. The maximum absolute atomic E-state index is 10.1. The van der Waals surface area contributed by atoms with Gasteiger partial charge in [-0.3, -0.25) is 0 Å². The molecule has 2 unspecified atom stereocenters. The third-order valence-corrected chi connectivity index (χ3v) is 3.77. The van der Waals surface area contributed by atoms with Gasteiger partial charge in [-0.05, 0) is 49.8 Å². The molecule has 2 heteroatoms. The quantitative estimate of drug-likeness (QED) is 0.798. The second kappa shape index (κ2) is 6.21. The minimum Gasteiger partial charge on any atom is -0.389 e. The van der Waals surface area contributed by atoms with Gasteiger partial charge in [0.1, 0.15) is 0 Å². The van der Waals surface area contributed by atoms with Gasteiger partial charge in [0, 0.05) is 5.02 Å². The predicted molar refractivity (Wildman–Crippen MR) is 77.6 cm³/mol. The van der Waals surface area contributed by atoms with Crippen molar-refractivity contribution in [3.8, 4) is 0 Å². The van der Waals surface area contributed by atoms with Crippen LogP contribution in [0.4, 0.5) is 0 Å². The van der Waals surface area contributed by atoms with Gasteiger partial charge in [-0.15, -0.1) is 0 Å². The summed E-state index contributed by atoms with van der Waals surface area (Å²) in [4.78, 5) is 0. The maximum Gasteiger partial charge on any atom is 0.0755 e. The van der Waals surface area contributed by atoms with Gasteiger partial charge in [-0.2, -0.15) is 0 Å². The van der Waals surface area contributed by atoms with Crippen molar-refractivity contribution in [2.75, 3.05) is 0 Å². The van der Waals surface area contributed by atoms with E-state index in [9.17, 15) is 5.11 Å². The zero-order valence-electron chi connectivity index (χ0n) is 10.6. The number of rotatable bonds is 3. The first-order valence-corrected chi connectivity index (χ1v) is 6.80. The van der Waals surface area contributed by atoms with Gasteiger partial charge in [0.25, 0.3) is 0 Å². The summed E-state index contributed by atoms with van der Waals surface area (Å²) in [7, 11) is 0. The summed E-state index contributed by atoms with van der Waals surface area (Å²) in [5, 5.41) is 10.9. The van der Waals surface area contributed by atoms with Gasteiger partial charge in [-0.1, -0.05) is 47.5 Å². The molecule has 0 fully saturated rings. The first-order chi connectivity index (χ1) is 8.65. The highest BCUT2D eigenvalue weighted by molar-refractivity contribution is 6.30. The molecule has 0 aromatic heterocycles. The molecular weight excluding hydrogens is 244 g/mol. The molecule has 0 saturated carbocycles. The summed E-state index contributed by atoms with van der Waals surface area (Å²) in [5.74, 6) is 0.359. The summed E-state index contributed by atoms with van der Waals surface area (Å²) in [6.45, 7) is 2.16. The lowest BCUT2D eigenvalue weighted by molar-refractivity contribution is 0.145. The molecule has 0 spiro atoms. The van der Waals surface area contributed by atoms with Crippen molar-refractivity contribution in [2.24, 2.45) is 5.92 Å². The van der Waals surface area contributed by atoms with E-state index in [0.717, 1.165) is 29.8 Å². The van der Waals surface area contributed by atoms with Gasteiger partial charge < -0.3 is 5.11 Å². The lowest BCUT2D eigenvalue weighted by Crippen LogP contribution is -2.19. The summed E-state index contributed by atoms with van der Waals surface area (Å²) < 4.78 is 0. The van der Waals surface area contributed by atoms with Crippen LogP contribution >= 0.6 is 11.6 Å². The number of aliphatic hydroxyl groups is 1. The molecule has 1 aliphatic rings. The topological polar surface area (TPSA) is 20.2 Å². The Bertz CT molecular complexity index is 445. The Hall–Kier alpha value is -1.05. The molecule has 0 heterocycles. The Morgan fingerprint density at radius 2 is 2.06 bits per heavy atom. The highest BCUT2D eigenvalue weighted by Crippen LogP contribution is 2.26. The fraction of sp³-hybridized carbons (Fsp3) is 0.375. The molecule has 0 saturated heterocycles. The average molecular weight is 263 g/mol. The molecule has 0 aliphatic heterocycles. The minimum atomic E-state index is -0.356. The van der Waals surface area contributed by atoms with Crippen molar-refractivity contribution in [1.82, 2.24) is 0 Å². The SMILES string of the molecule is CC1=CCC(C(O)/C=C/c2ccc(Cl)cc2)CC1. The largest absolute Gasteiger partial charge is 0.389 e. The van der Waals surface area contributed by atoms with E-state index in [-0.39, 0.29) is 6.10 Å².